The van der Waals surface area contributed by atoms with Crippen molar-refractivity contribution in [2.24, 2.45) is 10.9 Å². The predicted octanol–water partition coefficient (Wildman–Crippen LogP) is 3.08. The average Bonchev–Trinajstić information content (AvgIpc) is 2.52. The van der Waals surface area contributed by atoms with Crippen LogP contribution in [-0.4, -0.2) is 18.2 Å². The van der Waals surface area contributed by atoms with Crippen molar-refractivity contribution in [3.63, 3.8) is 0 Å². The minimum absolute atomic E-state index is 0.126. The maximum atomic E-state index is 8.82. The number of amidine groups is 1. The van der Waals surface area contributed by atoms with E-state index >= 15 is 0 Å². The third-order valence-electron chi connectivity index (χ3n) is 2.85. The van der Waals surface area contributed by atoms with Crippen LogP contribution in [0.1, 0.15) is 11.1 Å². The molecule has 0 saturated carbocycles. The molecule has 4 nitrogen and oxygen atoms in total. The molecule has 0 aliphatic rings. The minimum Gasteiger partial charge on any atom is -0.496 e. The van der Waals surface area contributed by atoms with Gasteiger partial charge in [0.05, 0.1) is 7.11 Å². The number of para-hydroxylation sites is 1. The fraction of sp³-hybridized carbons (Fsp3) is 0.133. The standard InChI is InChI=1S/C15H16N2O2S/c1-19-13-8-4-5-9-14(13)20-10-11-6-2-3-7-12(11)15(16)17-18/h2-9,18H,10H2,1H3,(H2,16,17). The van der Waals surface area contributed by atoms with E-state index in [4.69, 9.17) is 15.7 Å². The number of methoxy groups -OCH3 is 1. The molecule has 0 amide bonds. The summed E-state index contributed by atoms with van der Waals surface area (Å²) >= 11 is 1.65. The summed E-state index contributed by atoms with van der Waals surface area (Å²) in [5, 5.41) is 11.9. The van der Waals surface area contributed by atoms with Gasteiger partial charge in [-0.05, 0) is 17.7 Å². The first kappa shape index (κ1) is 14.3. The molecular formula is C15H16N2O2S. The number of thioether (sulfide) groups is 1. The molecule has 0 radical (unpaired) electrons. The van der Waals surface area contributed by atoms with Crippen LogP contribution in [0.5, 0.6) is 5.75 Å². The van der Waals surface area contributed by atoms with E-state index in [0.717, 1.165) is 21.8 Å². The Balaban J connectivity index is 2.19. The van der Waals surface area contributed by atoms with Crippen molar-refractivity contribution < 1.29 is 9.94 Å². The summed E-state index contributed by atoms with van der Waals surface area (Å²) in [6.45, 7) is 0. The predicted molar refractivity (Wildman–Crippen MR) is 81.5 cm³/mol. The Morgan fingerprint density at radius 3 is 2.65 bits per heavy atom. The van der Waals surface area contributed by atoms with E-state index in [2.05, 4.69) is 5.16 Å². The number of hydrogen-bond acceptors (Lipinski definition) is 4. The fourth-order valence-electron chi connectivity index (χ4n) is 1.84. The van der Waals surface area contributed by atoms with Crippen molar-refractivity contribution in [1.29, 1.82) is 0 Å². The fourth-order valence-corrected chi connectivity index (χ4v) is 2.87. The first-order valence-corrected chi connectivity index (χ1v) is 7.06. The summed E-state index contributed by atoms with van der Waals surface area (Å²) in [7, 11) is 1.66. The number of hydrogen-bond donors (Lipinski definition) is 2. The van der Waals surface area contributed by atoms with Crippen LogP contribution in [0, 0.1) is 0 Å². The SMILES string of the molecule is COc1ccccc1SCc1ccccc1/C(N)=N/O. The molecule has 5 heteroatoms. The molecule has 0 unspecified atom stereocenters. The van der Waals surface area contributed by atoms with Crippen molar-refractivity contribution >= 4 is 17.6 Å². The highest BCUT2D eigenvalue weighted by molar-refractivity contribution is 7.98. The van der Waals surface area contributed by atoms with E-state index in [9.17, 15) is 0 Å². The largest absolute Gasteiger partial charge is 0.496 e. The lowest BCUT2D eigenvalue weighted by molar-refractivity contribution is 0.318. The normalized spacial score (nSPS) is 11.3. The molecule has 2 aromatic rings. The van der Waals surface area contributed by atoms with Gasteiger partial charge in [-0.1, -0.05) is 41.6 Å². The Morgan fingerprint density at radius 1 is 1.20 bits per heavy atom. The van der Waals surface area contributed by atoms with Crippen molar-refractivity contribution in [3.05, 3.63) is 59.7 Å². The summed E-state index contributed by atoms with van der Waals surface area (Å²) in [6.07, 6.45) is 0. The molecule has 2 rings (SSSR count). The van der Waals surface area contributed by atoms with E-state index in [-0.39, 0.29) is 5.84 Å². The van der Waals surface area contributed by atoms with Crippen molar-refractivity contribution in [1.82, 2.24) is 0 Å². The molecule has 20 heavy (non-hydrogen) atoms. The molecule has 0 fully saturated rings. The van der Waals surface area contributed by atoms with Crippen LogP contribution in [0.2, 0.25) is 0 Å². The Kier molecular flexibility index (Phi) is 4.90. The van der Waals surface area contributed by atoms with Crippen LogP contribution in [0.3, 0.4) is 0 Å². The first-order chi connectivity index (χ1) is 9.76. The maximum absolute atomic E-state index is 8.82. The lowest BCUT2D eigenvalue weighted by Gasteiger charge is -2.10. The van der Waals surface area contributed by atoms with Gasteiger partial charge in [-0.15, -0.1) is 11.8 Å². The number of rotatable bonds is 5. The molecule has 0 atom stereocenters. The van der Waals surface area contributed by atoms with Crippen LogP contribution in [-0.2, 0) is 5.75 Å². The summed E-state index contributed by atoms with van der Waals surface area (Å²) < 4.78 is 5.32. The lowest BCUT2D eigenvalue weighted by atomic mass is 10.1. The molecule has 0 heterocycles. The van der Waals surface area contributed by atoms with E-state index in [1.807, 2.05) is 48.5 Å². The highest BCUT2D eigenvalue weighted by Gasteiger charge is 2.08. The van der Waals surface area contributed by atoms with Gasteiger partial charge in [-0.25, -0.2) is 0 Å². The number of oxime groups is 1. The highest BCUT2D eigenvalue weighted by Crippen LogP contribution is 2.31. The van der Waals surface area contributed by atoms with E-state index in [0.29, 0.717) is 5.75 Å². The summed E-state index contributed by atoms with van der Waals surface area (Å²) in [5.74, 6) is 1.69. The highest BCUT2D eigenvalue weighted by atomic mass is 32.2. The molecular weight excluding hydrogens is 272 g/mol. The molecule has 0 spiro atoms. The third-order valence-corrected chi connectivity index (χ3v) is 3.96. The second-order valence-electron chi connectivity index (χ2n) is 4.08. The van der Waals surface area contributed by atoms with E-state index in [1.54, 1.807) is 18.9 Å². The zero-order valence-electron chi connectivity index (χ0n) is 11.1. The maximum Gasteiger partial charge on any atom is 0.170 e. The first-order valence-electron chi connectivity index (χ1n) is 6.08. The Hall–Kier alpha value is -2.14. The van der Waals surface area contributed by atoms with Gasteiger partial charge >= 0.3 is 0 Å². The van der Waals surface area contributed by atoms with Crippen LogP contribution in [0.25, 0.3) is 0 Å². The number of nitrogens with zero attached hydrogens (tertiary/aromatic N) is 1. The number of ether oxygens (including phenoxy) is 1. The van der Waals surface area contributed by atoms with Crippen molar-refractivity contribution in [2.75, 3.05) is 7.11 Å². The summed E-state index contributed by atoms with van der Waals surface area (Å²) in [5.41, 5.74) is 7.45. The molecule has 0 aliphatic heterocycles. The van der Waals surface area contributed by atoms with E-state index in [1.165, 1.54) is 0 Å². The average molecular weight is 288 g/mol. The van der Waals surface area contributed by atoms with Gasteiger partial charge in [0, 0.05) is 16.2 Å². The van der Waals surface area contributed by atoms with Gasteiger partial charge in [0.1, 0.15) is 5.75 Å². The smallest absolute Gasteiger partial charge is 0.170 e. The summed E-state index contributed by atoms with van der Waals surface area (Å²) in [6, 6.07) is 15.5. The molecule has 2 aromatic carbocycles. The molecule has 104 valence electrons. The second-order valence-corrected chi connectivity index (χ2v) is 5.10. The number of nitrogens with two attached hydrogens (primary N) is 1. The molecule has 0 bridgehead atoms. The third kappa shape index (κ3) is 3.24. The quantitative estimate of drug-likeness (QED) is 0.292. The second kappa shape index (κ2) is 6.86. The monoisotopic (exact) mass is 288 g/mol. The van der Waals surface area contributed by atoms with Crippen molar-refractivity contribution in [3.8, 4) is 5.75 Å². The van der Waals surface area contributed by atoms with Gasteiger partial charge in [0.15, 0.2) is 5.84 Å². The zero-order valence-corrected chi connectivity index (χ0v) is 11.9. The molecule has 0 aromatic heterocycles. The minimum atomic E-state index is 0.126. The molecule has 3 N–H and O–H groups in total. The van der Waals surface area contributed by atoms with Crippen LogP contribution >= 0.6 is 11.8 Å². The Labute approximate surface area is 122 Å². The van der Waals surface area contributed by atoms with Gasteiger partial charge in [-0.3, -0.25) is 0 Å². The Bertz CT molecular complexity index is 614. The molecule has 0 aliphatic carbocycles. The topological polar surface area (TPSA) is 67.8 Å². The Morgan fingerprint density at radius 2 is 1.90 bits per heavy atom. The van der Waals surface area contributed by atoms with Crippen LogP contribution in [0.4, 0.5) is 0 Å². The number of benzene rings is 2. The van der Waals surface area contributed by atoms with Crippen LogP contribution < -0.4 is 10.5 Å². The van der Waals surface area contributed by atoms with Gasteiger partial charge < -0.3 is 15.7 Å². The zero-order chi connectivity index (χ0) is 14.4. The van der Waals surface area contributed by atoms with Crippen LogP contribution in [0.15, 0.2) is 58.6 Å². The summed E-state index contributed by atoms with van der Waals surface area (Å²) in [4.78, 5) is 1.06. The van der Waals surface area contributed by atoms with Gasteiger partial charge in [0.2, 0.25) is 0 Å². The van der Waals surface area contributed by atoms with Crippen molar-refractivity contribution in [2.45, 2.75) is 10.6 Å². The molecule has 0 saturated heterocycles. The van der Waals surface area contributed by atoms with Gasteiger partial charge in [0.25, 0.3) is 0 Å². The lowest BCUT2D eigenvalue weighted by Crippen LogP contribution is -2.15. The van der Waals surface area contributed by atoms with Gasteiger partial charge in [-0.2, -0.15) is 0 Å². The van der Waals surface area contributed by atoms with E-state index < -0.39 is 0 Å².